The summed E-state index contributed by atoms with van der Waals surface area (Å²) >= 11 is 0. The average molecular weight is 249 g/mol. The minimum absolute atomic E-state index is 0.562. The van der Waals surface area contributed by atoms with Gasteiger partial charge in [-0.25, -0.2) is 0 Å². The second-order valence-electron chi connectivity index (χ2n) is 4.57. The molecule has 1 aliphatic heterocycles. The molecule has 3 aromatic rings. The van der Waals surface area contributed by atoms with E-state index in [-0.39, 0.29) is 0 Å². The summed E-state index contributed by atoms with van der Waals surface area (Å²) in [6.07, 6.45) is 4.13. The van der Waals surface area contributed by atoms with Crippen LogP contribution < -0.4 is 9.30 Å². The van der Waals surface area contributed by atoms with Crippen LogP contribution in [-0.4, -0.2) is 4.57 Å². The molecule has 0 fully saturated rings. The van der Waals surface area contributed by atoms with Gasteiger partial charge in [-0.1, -0.05) is 30.3 Å². The quantitative estimate of drug-likeness (QED) is 0.606. The molecule has 2 aromatic carbocycles. The van der Waals surface area contributed by atoms with Crippen LogP contribution in [0.1, 0.15) is 0 Å². The van der Waals surface area contributed by atoms with Crippen LogP contribution in [0.2, 0.25) is 0 Å². The van der Waals surface area contributed by atoms with Crippen LogP contribution in [0.25, 0.3) is 17.1 Å². The monoisotopic (exact) mass is 249 g/mol. The predicted octanol–water partition coefficient (Wildman–Crippen LogP) is 2.78. The Balaban J connectivity index is 1.97. The van der Waals surface area contributed by atoms with Gasteiger partial charge >= 0.3 is 5.82 Å². The van der Waals surface area contributed by atoms with Gasteiger partial charge in [0.1, 0.15) is 29.4 Å². The van der Waals surface area contributed by atoms with Gasteiger partial charge in [-0.05, 0) is 24.3 Å². The van der Waals surface area contributed by atoms with Gasteiger partial charge in [0.2, 0.25) is 6.73 Å². The summed E-state index contributed by atoms with van der Waals surface area (Å²) in [6, 6.07) is 18.5. The van der Waals surface area contributed by atoms with E-state index >= 15 is 0 Å². The fourth-order valence-corrected chi connectivity index (χ4v) is 2.53. The summed E-state index contributed by atoms with van der Waals surface area (Å²) in [5, 5.41) is 0. The molecule has 1 aliphatic rings. The molecule has 0 N–H and O–H groups in total. The molecule has 0 saturated heterocycles. The van der Waals surface area contributed by atoms with Gasteiger partial charge < -0.3 is 4.74 Å². The highest BCUT2D eigenvalue weighted by Gasteiger charge is 2.27. The van der Waals surface area contributed by atoms with E-state index in [2.05, 4.69) is 51.9 Å². The number of aromatic nitrogens is 2. The van der Waals surface area contributed by atoms with Gasteiger partial charge in [-0.15, -0.1) is 0 Å². The second-order valence-corrected chi connectivity index (χ2v) is 4.57. The smallest absolute Gasteiger partial charge is 0.300 e. The number of hydrogen-bond acceptors (Lipinski definition) is 1. The maximum atomic E-state index is 5.75. The number of rotatable bonds is 1. The van der Waals surface area contributed by atoms with Crippen LogP contribution in [0.5, 0.6) is 5.75 Å². The number of fused-ring (bicyclic) bond motifs is 3. The lowest BCUT2D eigenvalue weighted by atomic mass is 10.1. The average Bonchev–Trinajstić information content (AvgIpc) is 2.92. The summed E-state index contributed by atoms with van der Waals surface area (Å²) in [6.45, 7) is 0.562. The zero-order valence-electron chi connectivity index (χ0n) is 10.4. The van der Waals surface area contributed by atoms with E-state index < -0.39 is 0 Å². The molecular formula is C16H13N2O+. The van der Waals surface area contributed by atoms with Crippen molar-refractivity contribution in [2.75, 3.05) is 0 Å². The molecule has 0 amide bonds. The third kappa shape index (κ3) is 1.55. The molecule has 0 unspecified atom stereocenters. The molecule has 0 spiro atoms. The first-order valence-corrected chi connectivity index (χ1v) is 6.32. The molecule has 3 heteroatoms. The van der Waals surface area contributed by atoms with E-state index in [0.29, 0.717) is 6.73 Å². The molecule has 2 heterocycles. The SMILES string of the molecule is c1ccc(-n2cc[n+]3c2-c2ccccc2OC3)cc1. The van der Waals surface area contributed by atoms with E-state index in [9.17, 15) is 0 Å². The van der Waals surface area contributed by atoms with Crippen LogP contribution in [0.4, 0.5) is 0 Å². The number of benzene rings is 2. The molecule has 92 valence electrons. The van der Waals surface area contributed by atoms with Crippen molar-refractivity contribution >= 4 is 0 Å². The van der Waals surface area contributed by atoms with Crippen LogP contribution >= 0.6 is 0 Å². The summed E-state index contributed by atoms with van der Waals surface area (Å²) < 4.78 is 10.1. The Morgan fingerprint density at radius 3 is 2.63 bits per heavy atom. The van der Waals surface area contributed by atoms with Crippen molar-refractivity contribution in [3.8, 4) is 22.8 Å². The Labute approximate surface area is 111 Å². The Bertz CT molecular complexity index is 732. The fourth-order valence-electron chi connectivity index (χ4n) is 2.53. The zero-order valence-corrected chi connectivity index (χ0v) is 10.4. The predicted molar refractivity (Wildman–Crippen MR) is 72.0 cm³/mol. The van der Waals surface area contributed by atoms with Crippen molar-refractivity contribution < 1.29 is 9.30 Å². The third-order valence-electron chi connectivity index (χ3n) is 3.42. The first-order valence-electron chi connectivity index (χ1n) is 6.32. The highest BCUT2D eigenvalue weighted by molar-refractivity contribution is 5.64. The number of nitrogens with zero attached hydrogens (tertiary/aromatic N) is 2. The van der Waals surface area contributed by atoms with Gasteiger partial charge in [0.15, 0.2) is 0 Å². The molecule has 0 atom stereocenters. The normalized spacial score (nSPS) is 12.4. The maximum Gasteiger partial charge on any atom is 0.300 e. The molecule has 0 saturated carbocycles. The molecule has 19 heavy (non-hydrogen) atoms. The fraction of sp³-hybridized carbons (Fsp3) is 0.0625. The first kappa shape index (κ1) is 10.4. The lowest BCUT2D eigenvalue weighted by Gasteiger charge is -2.15. The Kier molecular flexibility index (Phi) is 2.18. The lowest BCUT2D eigenvalue weighted by molar-refractivity contribution is -0.716. The summed E-state index contributed by atoms with van der Waals surface area (Å²) in [5.74, 6) is 2.10. The summed E-state index contributed by atoms with van der Waals surface area (Å²) in [5.41, 5.74) is 2.29. The minimum Gasteiger partial charge on any atom is -0.453 e. The molecule has 0 aliphatic carbocycles. The number of ether oxygens (including phenoxy) is 1. The first-order chi connectivity index (χ1) is 9.43. The van der Waals surface area contributed by atoms with Gasteiger partial charge in [0.05, 0.1) is 0 Å². The Morgan fingerprint density at radius 1 is 0.947 bits per heavy atom. The molecule has 4 rings (SSSR count). The number of imidazole rings is 1. The maximum absolute atomic E-state index is 5.75. The number of hydrogen-bond donors (Lipinski definition) is 0. The van der Waals surface area contributed by atoms with E-state index in [4.69, 9.17) is 4.74 Å². The molecule has 3 nitrogen and oxygen atoms in total. The van der Waals surface area contributed by atoms with Gasteiger partial charge in [-0.3, -0.25) is 0 Å². The van der Waals surface area contributed by atoms with Crippen LogP contribution in [-0.2, 0) is 6.73 Å². The van der Waals surface area contributed by atoms with Gasteiger partial charge in [0.25, 0.3) is 0 Å². The zero-order chi connectivity index (χ0) is 12.7. The van der Waals surface area contributed by atoms with Gasteiger partial charge in [-0.2, -0.15) is 9.13 Å². The standard InChI is InChI=1S/C16H13N2O/c1-2-6-13(7-3-1)18-11-10-17-12-19-15-9-5-4-8-14(15)16(17)18/h1-11H,12H2/q+1. The van der Waals surface area contributed by atoms with Crippen LogP contribution in [0, 0.1) is 0 Å². The molecule has 0 bridgehead atoms. The van der Waals surface area contributed by atoms with E-state index in [1.54, 1.807) is 0 Å². The van der Waals surface area contributed by atoms with Crippen molar-refractivity contribution in [3.05, 3.63) is 67.0 Å². The van der Waals surface area contributed by atoms with Crippen molar-refractivity contribution in [1.82, 2.24) is 4.57 Å². The Hall–Kier alpha value is -2.55. The molecule has 1 aromatic heterocycles. The van der Waals surface area contributed by atoms with E-state index in [1.807, 2.05) is 24.3 Å². The van der Waals surface area contributed by atoms with Crippen molar-refractivity contribution in [2.45, 2.75) is 6.73 Å². The molecular weight excluding hydrogens is 236 g/mol. The van der Waals surface area contributed by atoms with E-state index in [0.717, 1.165) is 22.8 Å². The number of para-hydroxylation sites is 2. The second kappa shape index (κ2) is 3.99. The van der Waals surface area contributed by atoms with Crippen molar-refractivity contribution in [1.29, 1.82) is 0 Å². The van der Waals surface area contributed by atoms with Gasteiger partial charge in [0, 0.05) is 0 Å². The van der Waals surface area contributed by atoms with E-state index in [1.165, 1.54) is 0 Å². The highest BCUT2D eigenvalue weighted by atomic mass is 16.5. The topological polar surface area (TPSA) is 18.0 Å². The van der Waals surface area contributed by atoms with Crippen LogP contribution in [0.15, 0.2) is 67.0 Å². The largest absolute Gasteiger partial charge is 0.453 e. The molecule has 0 radical (unpaired) electrons. The van der Waals surface area contributed by atoms with Crippen molar-refractivity contribution in [2.24, 2.45) is 0 Å². The summed E-state index contributed by atoms with van der Waals surface area (Å²) in [7, 11) is 0. The lowest BCUT2D eigenvalue weighted by Crippen LogP contribution is -2.40. The highest BCUT2D eigenvalue weighted by Crippen LogP contribution is 2.31. The minimum atomic E-state index is 0.562. The van der Waals surface area contributed by atoms with Crippen molar-refractivity contribution in [3.63, 3.8) is 0 Å². The summed E-state index contributed by atoms with van der Waals surface area (Å²) in [4.78, 5) is 0. The third-order valence-corrected chi connectivity index (χ3v) is 3.42. The van der Waals surface area contributed by atoms with Crippen LogP contribution in [0.3, 0.4) is 0 Å². The Morgan fingerprint density at radius 2 is 1.74 bits per heavy atom.